The zero-order valence-electron chi connectivity index (χ0n) is 18.0. The van der Waals surface area contributed by atoms with E-state index in [4.69, 9.17) is 14.2 Å². The van der Waals surface area contributed by atoms with Crippen molar-refractivity contribution < 1.29 is 24.4 Å². The normalized spacial score (nSPS) is 20.9. The summed E-state index contributed by atoms with van der Waals surface area (Å²) in [7, 11) is 1.66. The molecule has 1 aliphatic heterocycles. The Morgan fingerprint density at radius 2 is 1.87 bits per heavy atom. The van der Waals surface area contributed by atoms with E-state index >= 15 is 0 Å². The fourth-order valence-corrected chi connectivity index (χ4v) is 3.06. The second kappa shape index (κ2) is 12.9. The summed E-state index contributed by atoms with van der Waals surface area (Å²) in [5.74, 6) is 1.49. The van der Waals surface area contributed by atoms with Crippen molar-refractivity contribution in [2.75, 3.05) is 19.0 Å². The molecule has 3 rings (SSSR count). The van der Waals surface area contributed by atoms with E-state index < -0.39 is 18.5 Å². The Bertz CT molecular complexity index is 762. The summed E-state index contributed by atoms with van der Waals surface area (Å²) < 4.78 is 16.6. The number of hydrogen-bond donors (Lipinski definition) is 3. The second-order valence-electron chi connectivity index (χ2n) is 6.74. The summed E-state index contributed by atoms with van der Waals surface area (Å²) in [5.41, 5.74) is 2.08. The van der Waals surface area contributed by atoms with Crippen LogP contribution in [0.2, 0.25) is 0 Å². The van der Waals surface area contributed by atoms with Gasteiger partial charge in [0, 0.05) is 24.6 Å². The largest absolute Gasteiger partial charge is 0.497 e. The molecule has 6 nitrogen and oxygen atoms in total. The highest BCUT2D eigenvalue weighted by atomic mass is 16.7. The zero-order chi connectivity index (χ0) is 21.8. The molecule has 0 aliphatic carbocycles. The van der Waals surface area contributed by atoms with Gasteiger partial charge in [0.2, 0.25) is 6.29 Å². The van der Waals surface area contributed by atoms with Crippen LogP contribution >= 0.6 is 0 Å². The third-order valence-corrected chi connectivity index (χ3v) is 4.53. The monoisotopic (exact) mass is 415 g/mol. The summed E-state index contributed by atoms with van der Waals surface area (Å²) in [6, 6.07) is 15.5. The van der Waals surface area contributed by atoms with Crippen molar-refractivity contribution in [3.8, 4) is 11.5 Å². The first-order chi connectivity index (χ1) is 14.7. The minimum absolute atomic E-state index is 0.127. The zero-order valence-corrected chi connectivity index (χ0v) is 18.0. The molecule has 30 heavy (non-hydrogen) atoms. The van der Waals surface area contributed by atoms with E-state index in [2.05, 4.69) is 5.32 Å². The summed E-state index contributed by atoms with van der Waals surface area (Å²) in [6.45, 7) is 3.87. The van der Waals surface area contributed by atoms with Crippen LogP contribution in [0, 0.1) is 0 Å². The molecule has 0 saturated carbocycles. The molecule has 1 heterocycles. The first kappa shape index (κ1) is 23.7. The van der Waals surface area contributed by atoms with Crippen LogP contribution in [0.15, 0.2) is 60.8 Å². The van der Waals surface area contributed by atoms with Crippen LogP contribution in [0.5, 0.6) is 11.5 Å². The molecule has 3 unspecified atom stereocenters. The number of allylic oxidation sites excluding steroid dienone is 1. The maximum Gasteiger partial charge on any atom is 0.202 e. The van der Waals surface area contributed by atoms with Gasteiger partial charge in [-0.15, -0.1) is 0 Å². The van der Waals surface area contributed by atoms with Crippen LogP contribution in [0.4, 0.5) is 5.69 Å². The molecule has 164 valence electrons. The molecular weight excluding hydrogens is 382 g/mol. The molecule has 3 N–H and O–H groups in total. The second-order valence-corrected chi connectivity index (χ2v) is 6.74. The molecule has 3 atom stereocenters. The van der Waals surface area contributed by atoms with Crippen LogP contribution in [0.3, 0.4) is 0 Å². The lowest BCUT2D eigenvalue weighted by Crippen LogP contribution is -2.40. The molecule has 1 aliphatic rings. The van der Waals surface area contributed by atoms with Gasteiger partial charge in [-0.25, -0.2) is 0 Å². The van der Waals surface area contributed by atoms with Gasteiger partial charge in [-0.1, -0.05) is 38.1 Å². The SMILES string of the molecule is CC.COc1ccc(C/C=C/Nc2cccc(OC3CC(O)CC(CO)O3)c2)cc1. The van der Waals surface area contributed by atoms with E-state index in [9.17, 15) is 10.2 Å². The molecule has 2 aromatic carbocycles. The predicted molar refractivity (Wildman–Crippen MR) is 119 cm³/mol. The van der Waals surface area contributed by atoms with Gasteiger partial charge in [0.1, 0.15) is 11.5 Å². The van der Waals surface area contributed by atoms with Gasteiger partial charge >= 0.3 is 0 Å². The quantitative estimate of drug-likeness (QED) is 0.602. The summed E-state index contributed by atoms with van der Waals surface area (Å²) in [4.78, 5) is 0. The maximum atomic E-state index is 9.88. The van der Waals surface area contributed by atoms with Crippen molar-refractivity contribution in [3.63, 3.8) is 0 Å². The number of ether oxygens (including phenoxy) is 3. The van der Waals surface area contributed by atoms with Crippen molar-refractivity contribution in [2.24, 2.45) is 0 Å². The van der Waals surface area contributed by atoms with Gasteiger partial charge in [-0.05, 0) is 42.4 Å². The first-order valence-corrected chi connectivity index (χ1v) is 10.4. The fourth-order valence-electron chi connectivity index (χ4n) is 3.06. The molecule has 2 aromatic rings. The topological polar surface area (TPSA) is 80.2 Å². The highest BCUT2D eigenvalue weighted by Gasteiger charge is 2.29. The minimum Gasteiger partial charge on any atom is -0.497 e. The molecule has 0 bridgehead atoms. The van der Waals surface area contributed by atoms with Gasteiger partial charge in [-0.3, -0.25) is 0 Å². The van der Waals surface area contributed by atoms with Crippen LogP contribution in [-0.4, -0.2) is 42.4 Å². The van der Waals surface area contributed by atoms with Gasteiger partial charge in [0.25, 0.3) is 0 Å². The fraction of sp³-hybridized carbons (Fsp3) is 0.417. The Balaban J connectivity index is 0.00000155. The number of rotatable bonds is 8. The molecule has 0 radical (unpaired) electrons. The first-order valence-electron chi connectivity index (χ1n) is 10.4. The van der Waals surface area contributed by atoms with E-state index in [0.29, 0.717) is 18.6 Å². The third-order valence-electron chi connectivity index (χ3n) is 4.53. The van der Waals surface area contributed by atoms with Crippen LogP contribution < -0.4 is 14.8 Å². The molecule has 0 amide bonds. The Kier molecular flexibility index (Phi) is 10.2. The molecule has 1 fully saturated rings. The Morgan fingerprint density at radius 1 is 1.10 bits per heavy atom. The third kappa shape index (κ3) is 7.71. The average molecular weight is 416 g/mol. The van der Waals surface area contributed by atoms with E-state index in [0.717, 1.165) is 17.9 Å². The van der Waals surface area contributed by atoms with Crippen molar-refractivity contribution in [1.29, 1.82) is 0 Å². The summed E-state index contributed by atoms with van der Waals surface area (Å²) >= 11 is 0. The lowest BCUT2D eigenvalue weighted by atomic mass is 10.1. The number of nitrogens with one attached hydrogen (secondary N) is 1. The highest BCUT2D eigenvalue weighted by Crippen LogP contribution is 2.25. The number of benzene rings is 2. The van der Waals surface area contributed by atoms with Gasteiger partial charge < -0.3 is 29.7 Å². The number of aliphatic hydroxyl groups excluding tert-OH is 2. The molecule has 1 saturated heterocycles. The highest BCUT2D eigenvalue weighted by molar-refractivity contribution is 5.50. The van der Waals surface area contributed by atoms with Crippen molar-refractivity contribution in [2.45, 2.75) is 51.6 Å². The standard InChI is InChI=1S/C22H27NO5.C2H6/c1-26-19-9-7-16(8-10-19)4-3-11-23-17-5-2-6-20(12-17)27-22-14-18(25)13-21(15-24)28-22;1-2/h2-3,5-12,18,21-25H,4,13-15H2,1H3;1-2H3/b11-3+;. The van der Waals surface area contributed by atoms with E-state index in [1.807, 2.05) is 74.7 Å². The Labute approximate surface area is 179 Å². The van der Waals surface area contributed by atoms with E-state index in [1.165, 1.54) is 5.56 Å². The summed E-state index contributed by atoms with van der Waals surface area (Å²) in [5, 5.41) is 22.4. The van der Waals surface area contributed by atoms with Crippen LogP contribution in [-0.2, 0) is 11.2 Å². The van der Waals surface area contributed by atoms with E-state index in [-0.39, 0.29) is 6.61 Å². The molecule has 6 heteroatoms. The number of anilines is 1. The average Bonchev–Trinajstić information content (AvgIpc) is 2.78. The van der Waals surface area contributed by atoms with Gasteiger partial charge in [-0.2, -0.15) is 0 Å². The lowest BCUT2D eigenvalue weighted by molar-refractivity contribution is -0.184. The Morgan fingerprint density at radius 3 is 2.57 bits per heavy atom. The summed E-state index contributed by atoms with van der Waals surface area (Å²) in [6.07, 6.45) is 4.07. The van der Waals surface area contributed by atoms with Crippen molar-refractivity contribution in [1.82, 2.24) is 0 Å². The van der Waals surface area contributed by atoms with Crippen molar-refractivity contribution in [3.05, 3.63) is 66.4 Å². The number of hydrogen-bond acceptors (Lipinski definition) is 6. The van der Waals surface area contributed by atoms with Crippen LogP contribution in [0.1, 0.15) is 32.3 Å². The lowest BCUT2D eigenvalue weighted by Gasteiger charge is -2.32. The Hall–Kier alpha value is -2.54. The number of aliphatic hydroxyl groups is 2. The minimum atomic E-state index is -0.568. The maximum absolute atomic E-state index is 9.88. The van der Waals surface area contributed by atoms with Gasteiger partial charge in [0.15, 0.2) is 0 Å². The number of methoxy groups -OCH3 is 1. The van der Waals surface area contributed by atoms with Crippen LogP contribution in [0.25, 0.3) is 0 Å². The molecule has 0 spiro atoms. The predicted octanol–water partition coefficient (Wildman–Crippen LogP) is 4.13. The molecular formula is C24H33NO5. The van der Waals surface area contributed by atoms with Gasteiger partial charge in [0.05, 0.1) is 25.9 Å². The van der Waals surface area contributed by atoms with Crippen molar-refractivity contribution >= 4 is 5.69 Å². The smallest absolute Gasteiger partial charge is 0.202 e. The van der Waals surface area contributed by atoms with E-state index in [1.54, 1.807) is 7.11 Å². The molecule has 0 aromatic heterocycles.